The molecule has 1 aromatic carbocycles. The summed E-state index contributed by atoms with van der Waals surface area (Å²) in [5, 5.41) is 8.67. The van der Waals surface area contributed by atoms with Gasteiger partial charge in [-0.1, -0.05) is 6.08 Å². The number of ether oxygens (including phenoxy) is 1. The van der Waals surface area contributed by atoms with E-state index in [1.165, 1.54) is 0 Å². The summed E-state index contributed by atoms with van der Waals surface area (Å²) in [6, 6.07) is 1.65. The maximum Gasteiger partial charge on any atom is 0.427 e. The summed E-state index contributed by atoms with van der Waals surface area (Å²) in [5.74, 6) is -5.69. The van der Waals surface area contributed by atoms with Crippen LogP contribution in [0, 0.1) is 11.6 Å². The number of aliphatic carboxylic acids is 1. The van der Waals surface area contributed by atoms with E-state index in [1.807, 2.05) is 0 Å². The Kier molecular flexibility index (Phi) is 6.87. The van der Waals surface area contributed by atoms with Crippen LogP contribution in [0.1, 0.15) is 41.5 Å². The molecule has 1 aliphatic carbocycles. The number of carboxylic acid groups (broad SMARTS) is 1. The Labute approximate surface area is 187 Å². The third-order valence-corrected chi connectivity index (χ3v) is 5.78. The van der Waals surface area contributed by atoms with Gasteiger partial charge in [0.1, 0.15) is 17.3 Å². The zero-order chi connectivity index (χ0) is 24.6. The van der Waals surface area contributed by atoms with Gasteiger partial charge in [0.25, 0.3) is 0 Å². The molecular formula is C21H16F7NO3S. The number of benzene rings is 1. The molecule has 12 heteroatoms. The third kappa shape index (κ3) is 5.55. The van der Waals surface area contributed by atoms with Crippen molar-refractivity contribution in [2.24, 2.45) is 0 Å². The molecule has 1 aliphatic rings. The Hall–Kier alpha value is -2.89. The van der Waals surface area contributed by atoms with Crippen molar-refractivity contribution in [1.29, 1.82) is 0 Å². The zero-order valence-electron chi connectivity index (χ0n) is 16.9. The highest BCUT2D eigenvalue weighted by Gasteiger charge is 2.40. The van der Waals surface area contributed by atoms with Crippen LogP contribution in [0.15, 0.2) is 30.1 Å². The van der Waals surface area contributed by atoms with Gasteiger partial charge in [-0.2, -0.15) is 17.5 Å². The van der Waals surface area contributed by atoms with E-state index in [-0.39, 0.29) is 41.2 Å². The lowest BCUT2D eigenvalue weighted by Gasteiger charge is -2.23. The SMILES string of the molecule is CC1(F)CC(c2nsc(C(F)(F)F)c2COc2c(F)cc(CCC(=O)O)cc2F)=CC=C1F. The minimum atomic E-state index is -4.87. The fraction of sp³-hybridized carbons (Fsp3) is 0.333. The number of aryl methyl sites for hydroxylation is 1. The summed E-state index contributed by atoms with van der Waals surface area (Å²) in [6.07, 6.45) is -4.14. The maximum absolute atomic E-state index is 14.4. The molecule has 1 unspecified atom stereocenters. The fourth-order valence-electron chi connectivity index (χ4n) is 3.22. The van der Waals surface area contributed by atoms with E-state index in [9.17, 15) is 35.5 Å². The molecule has 4 nitrogen and oxygen atoms in total. The summed E-state index contributed by atoms with van der Waals surface area (Å²) >= 11 is 0.0571. The van der Waals surface area contributed by atoms with E-state index < -0.39 is 64.5 Å². The van der Waals surface area contributed by atoms with Crippen molar-refractivity contribution in [3.05, 3.63) is 63.4 Å². The standard InChI is InChI=1S/C21H16F7NO3S/c1-20(25)8-11(3-4-15(20)24)17-12(19(33-29-17)21(26,27)28)9-32-18-13(22)6-10(7-14(18)23)2-5-16(30)31/h3-4,6-7H,2,5,8-9H2,1H3,(H,30,31). The third-order valence-electron chi connectivity index (χ3n) is 4.85. The van der Waals surface area contributed by atoms with E-state index in [0.717, 1.165) is 31.2 Å². The number of alkyl halides is 4. The van der Waals surface area contributed by atoms with Crippen LogP contribution in [0.4, 0.5) is 30.7 Å². The van der Waals surface area contributed by atoms with Gasteiger partial charge >= 0.3 is 12.1 Å². The van der Waals surface area contributed by atoms with E-state index in [1.54, 1.807) is 0 Å². The van der Waals surface area contributed by atoms with Gasteiger partial charge < -0.3 is 9.84 Å². The van der Waals surface area contributed by atoms with E-state index >= 15 is 0 Å². The molecule has 0 fully saturated rings. The summed E-state index contributed by atoms with van der Waals surface area (Å²) in [5.41, 5.74) is -3.33. The number of carboxylic acids is 1. The molecule has 0 aliphatic heterocycles. The first-order valence-corrected chi connectivity index (χ1v) is 10.2. The topological polar surface area (TPSA) is 59.4 Å². The second-order valence-corrected chi connectivity index (χ2v) is 8.26. The Balaban J connectivity index is 1.93. The summed E-state index contributed by atoms with van der Waals surface area (Å²) in [7, 11) is 0. The minimum Gasteiger partial charge on any atom is -0.483 e. The number of nitrogens with zero attached hydrogens (tertiary/aromatic N) is 1. The molecule has 0 bridgehead atoms. The highest BCUT2D eigenvalue weighted by Crippen LogP contribution is 2.43. The van der Waals surface area contributed by atoms with Gasteiger partial charge in [0.2, 0.25) is 0 Å². The molecule has 0 spiro atoms. The van der Waals surface area contributed by atoms with Crippen LogP contribution in [0.2, 0.25) is 0 Å². The highest BCUT2D eigenvalue weighted by molar-refractivity contribution is 7.06. The average Bonchev–Trinajstić information content (AvgIpc) is 3.12. The Morgan fingerprint density at radius 1 is 1.21 bits per heavy atom. The van der Waals surface area contributed by atoms with Crippen LogP contribution in [-0.4, -0.2) is 21.1 Å². The van der Waals surface area contributed by atoms with Crippen LogP contribution in [0.5, 0.6) is 5.75 Å². The number of hydrogen-bond donors (Lipinski definition) is 1. The predicted octanol–water partition coefficient (Wildman–Crippen LogP) is 6.41. The molecule has 33 heavy (non-hydrogen) atoms. The molecule has 1 N–H and O–H groups in total. The monoisotopic (exact) mass is 495 g/mol. The van der Waals surface area contributed by atoms with Gasteiger partial charge in [-0.25, -0.2) is 17.6 Å². The Morgan fingerprint density at radius 3 is 2.39 bits per heavy atom. The number of halogens is 7. The number of hydrogen-bond acceptors (Lipinski definition) is 4. The van der Waals surface area contributed by atoms with Crippen molar-refractivity contribution >= 4 is 23.1 Å². The van der Waals surface area contributed by atoms with Crippen LogP contribution in [0.25, 0.3) is 5.57 Å². The first-order chi connectivity index (χ1) is 15.3. The van der Waals surface area contributed by atoms with Gasteiger partial charge in [0.15, 0.2) is 23.1 Å². The molecule has 1 atom stereocenters. The second-order valence-electron chi connectivity index (χ2n) is 7.49. The first kappa shape index (κ1) is 24.7. The Bertz CT molecular complexity index is 1110. The number of aromatic nitrogens is 1. The van der Waals surface area contributed by atoms with Crippen molar-refractivity contribution < 1.29 is 45.4 Å². The minimum absolute atomic E-state index is 0.0250. The van der Waals surface area contributed by atoms with Crippen molar-refractivity contribution in [3.8, 4) is 5.75 Å². The molecule has 0 saturated heterocycles. The fourth-order valence-corrected chi connectivity index (χ4v) is 4.00. The van der Waals surface area contributed by atoms with Gasteiger partial charge in [-0.3, -0.25) is 4.79 Å². The lowest BCUT2D eigenvalue weighted by molar-refractivity contribution is -0.137. The molecule has 1 aromatic heterocycles. The van der Waals surface area contributed by atoms with E-state index in [0.29, 0.717) is 0 Å². The molecule has 178 valence electrons. The Morgan fingerprint density at radius 2 is 1.85 bits per heavy atom. The highest BCUT2D eigenvalue weighted by atomic mass is 32.1. The lowest BCUT2D eigenvalue weighted by atomic mass is 9.89. The summed E-state index contributed by atoms with van der Waals surface area (Å²) in [6.45, 7) is -0.0226. The van der Waals surface area contributed by atoms with Gasteiger partial charge in [0, 0.05) is 18.4 Å². The van der Waals surface area contributed by atoms with E-state index in [2.05, 4.69) is 4.37 Å². The van der Waals surface area contributed by atoms with Crippen molar-refractivity contribution in [1.82, 2.24) is 4.37 Å². The normalized spacial score (nSPS) is 18.7. The van der Waals surface area contributed by atoms with Crippen molar-refractivity contribution in [2.45, 2.75) is 44.6 Å². The van der Waals surface area contributed by atoms with Crippen LogP contribution in [0.3, 0.4) is 0 Å². The van der Waals surface area contributed by atoms with E-state index in [4.69, 9.17) is 9.84 Å². The molecule has 3 rings (SSSR count). The maximum atomic E-state index is 14.4. The molecular weight excluding hydrogens is 479 g/mol. The van der Waals surface area contributed by atoms with Gasteiger partial charge in [-0.15, -0.1) is 0 Å². The second kappa shape index (κ2) is 9.16. The van der Waals surface area contributed by atoms with Crippen molar-refractivity contribution in [3.63, 3.8) is 0 Å². The molecule has 0 saturated carbocycles. The number of rotatable bonds is 7. The largest absolute Gasteiger partial charge is 0.483 e. The molecule has 2 aromatic rings. The van der Waals surface area contributed by atoms with Gasteiger partial charge in [-0.05, 0) is 54.2 Å². The zero-order valence-corrected chi connectivity index (χ0v) is 17.7. The number of carbonyl (C=O) groups is 1. The number of allylic oxidation sites excluding steroid dienone is 4. The quantitative estimate of drug-likeness (QED) is 0.452. The van der Waals surface area contributed by atoms with Gasteiger partial charge in [0.05, 0.1) is 5.69 Å². The van der Waals surface area contributed by atoms with Crippen LogP contribution < -0.4 is 4.74 Å². The smallest absolute Gasteiger partial charge is 0.427 e. The summed E-state index contributed by atoms with van der Waals surface area (Å²) in [4.78, 5) is 9.41. The van der Waals surface area contributed by atoms with Crippen molar-refractivity contribution in [2.75, 3.05) is 0 Å². The van der Waals surface area contributed by atoms with Crippen LogP contribution in [-0.2, 0) is 24.0 Å². The average molecular weight is 495 g/mol. The summed E-state index contributed by atoms with van der Waals surface area (Å²) < 4.78 is 106. The van der Waals surface area contributed by atoms with Crippen LogP contribution >= 0.6 is 11.5 Å². The first-order valence-electron chi connectivity index (χ1n) is 9.44. The lowest BCUT2D eigenvalue weighted by Crippen LogP contribution is -2.22. The molecule has 1 heterocycles. The molecule has 0 amide bonds. The predicted molar refractivity (Wildman–Crippen MR) is 105 cm³/mol. The molecule has 0 radical (unpaired) electrons.